The maximum atomic E-state index is 5.46. The van der Waals surface area contributed by atoms with Crippen molar-refractivity contribution in [3.05, 3.63) is 17.0 Å². The maximum Gasteiger partial charge on any atom is 0.0701 e. The quantitative estimate of drug-likeness (QED) is 0.675. The van der Waals surface area contributed by atoms with Crippen molar-refractivity contribution in [3.8, 4) is 0 Å². The summed E-state index contributed by atoms with van der Waals surface area (Å²) in [6.07, 6.45) is 0. The lowest BCUT2D eigenvalue weighted by Crippen LogP contribution is -2.14. The molecule has 1 N–H and O–H groups in total. The molecule has 0 spiro atoms. The van der Waals surface area contributed by atoms with Crippen LogP contribution in [0.4, 0.5) is 0 Å². The number of aromatic nitrogens is 2. The van der Waals surface area contributed by atoms with Gasteiger partial charge in [-0.15, -0.1) is 0 Å². The summed E-state index contributed by atoms with van der Waals surface area (Å²) >= 11 is 0. The fourth-order valence-electron chi connectivity index (χ4n) is 1.85. The van der Waals surface area contributed by atoms with Crippen LogP contribution >= 0.6 is 0 Å². The van der Waals surface area contributed by atoms with Crippen LogP contribution in [0.1, 0.15) is 23.9 Å². The number of nitrogens with zero attached hydrogens (tertiary/aromatic N) is 2. The summed E-state index contributed by atoms with van der Waals surface area (Å²) in [6.45, 7) is 10.9. The van der Waals surface area contributed by atoms with Gasteiger partial charge in [0.15, 0.2) is 0 Å². The third kappa shape index (κ3) is 4.40. The Bertz CT molecular complexity index is 350. The van der Waals surface area contributed by atoms with Gasteiger partial charge in [0, 0.05) is 24.9 Å². The van der Waals surface area contributed by atoms with E-state index in [9.17, 15) is 0 Å². The van der Waals surface area contributed by atoms with Crippen molar-refractivity contribution in [3.63, 3.8) is 0 Å². The second kappa shape index (κ2) is 8.24. The third-order valence-corrected chi connectivity index (χ3v) is 2.96. The highest BCUT2D eigenvalue weighted by Gasteiger charge is 2.10. The molecule has 5 heteroatoms. The van der Waals surface area contributed by atoms with Crippen LogP contribution in [0.3, 0.4) is 0 Å². The average Bonchev–Trinajstić information content (AvgIpc) is 2.62. The van der Waals surface area contributed by atoms with E-state index in [1.54, 1.807) is 7.11 Å². The average molecular weight is 255 g/mol. The minimum atomic E-state index is 0.639. The summed E-state index contributed by atoms with van der Waals surface area (Å²) in [6, 6.07) is 0. The van der Waals surface area contributed by atoms with E-state index in [2.05, 4.69) is 31.2 Å². The Labute approximate surface area is 109 Å². The van der Waals surface area contributed by atoms with Crippen molar-refractivity contribution in [2.45, 2.75) is 33.9 Å². The number of hydrogen-bond donors (Lipinski definition) is 1. The predicted octanol–water partition coefficient (Wildman–Crippen LogP) is 1.27. The zero-order valence-corrected chi connectivity index (χ0v) is 12.0. The van der Waals surface area contributed by atoms with Crippen molar-refractivity contribution in [1.82, 2.24) is 15.1 Å². The minimum Gasteiger partial charge on any atom is -0.382 e. The number of methoxy groups -OCH3 is 1. The second-order valence-corrected chi connectivity index (χ2v) is 4.26. The van der Waals surface area contributed by atoms with E-state index in [-0.39, 0.29) is 0 Å². The molecule has 0 amide bonds. The highest BCUT2D eigenvalue weighted by molar-refractivity contribution is 5.24. The molecule has 104 valence electrons. The molecule has 1 rings (SSSR count). The van der Waals surface area contributed by atoms with Crippen LogP contribution in [-0.4, -0.2) is 43.3 Å². The molecule has 5 nitrogen and oxygen atoms in total. The minimum absolute atomic E-state index is 0.639. The van der Waals surface area contributed by atoms with E-state index in [0.29, 0.717) is 19.8 Å². The Hall–Kier alpha value is -0.910. The molecule has 1 aromatic heterocycles. The molecular formula is C13H25N3O2. The first kappa shape index (κ1) is 15.1. The van der Waals surface area contributed by atoms with Crippen LogP contribution in [0.2, 0.25) is 0 Å². The Kier molecular flexibility index (Phi) is 6.93. The topological polar surface area (TPSA) is 48.3 Å². The van der Waals surface area contributed by atoms with Gasteiger partial charge in [0.25, 0.3) is 0 Å². The lowest BCUT2D eigenvalue weighted by molar-refractivity contribution is 0.0651. The van der Waals surface area contributed by atoms with Gasteiger partial charge < -0.3 is 14.8 Å². The van der Waals surface area contributed by atoms with Crippen LogP contribution in [0.25, 0.3) is 0 Å². The van der Waals surface area contributed by atoms with E-state index in [0.717, 1.165) is 25.3 Å². The summed E-state index contributed by atoms with van der Waals surface area (Å²) in [7, 11) is 1.68. The Morgan fingerprint density at radius 3 is 2.67 bits per heavy atom. The lowest BCUT2D eigenvalue weighted by atomic mass is 10.2. The first-order valence-corrected chi connectivity index (χ1v) is 6.51. The zero-order chi connectivity index (χ0) is 13.4. The third-order valence-electron chi connectivity index (χ3n) is 2.96. The van der Waals surface area contributed by atoms with Crippen molar-refractivity contribution >= 4 is 0 Å². The summed E-state index contributed by atoms with van der Waals surface area (Å²) in [5.41, 5.74) is 3.63. The largest absolute Gasteiger partial charge is 0.382 e. The maximum absolute atomic E-state index is 5.46. The van der Waals surface area contributed by atoms with Crippen LogP contribution in [0, 0.1) is 13.8 Å². The van der Waals surface area contributed by atoms with Gasteiger partial charge >= 0.3 is 0 Å². The summed E-state index contributed by atoms with van der Waals surface area (Å²) in [5.74, 6) is 0. The predicted molar refractivity (Wildman–Crippen MR) is 71.8 cm³/mol. The SMILES string of the molecule is CCNCc1c(C)nn(CCOCCOC)c1C. The summed E-state index contributed by atoms with van der Waals surface area (Å²) in [5, 5.41) is 7.89. The van der Waals surface area contributed by atoms with Gasteiger partial charge in [0.1, 0.15) is 0 Å². The number of aryl methyl sites for hydroxylation is 1. The summed E-state index contributed by atoms with van der Waals surface area (Å²) < 4.78 is 12.4. The normalized spacial score (nSPS) is 11.1. The number of ether oxygens (including phenoxy) is 2. The van der Waals surface area contributed by atoms with Gasteiger partial charge in [-0.05, 0) is 20.4 Å². The first-order valence-electron chi connectivity index (χ1n) is 6.51. The van der Waals surface area contributed by atoms with Gasteiger partial charge in [0.05, 0.1) is 32.1 Å². The van der Waals surface area contributed by atoms with Crippen LogP contribution < -0.4 is 5.32 Å². The molecule has 0 saturated heterocycles. The molecule has 0 aromatic carbocycles. The first-order chi connectivity index (χ1) is 8.70. The van der Waals surface area contributed by atoms with E-state index in [1.807, 2.05) is 4.68 Å². The molecule has 0 aliphatic heterocycles. The molecule has 0 bridgehead atoms. The molecule has 0 atom stereocenters. The van der Waals surface area contributed by atoms with Gasteiger partial charge in [-0.1, -0.05) is 6.92 Å². The molecule has 1 heterocycles. The zero-order valence-electron chi connectivity index (χ0n) is 12.0. The Morgan fingerprint density at radius 1 is 1.22 bits per heavy atom. The Morgan fingerprint density at radius 2 is 2.00 bits per heavy atom. The highest BCUT2D eigenvalue weighted by atomic mass is 16.5. The van der Waals surface area contributed by atoms with Gasteiger partial charge in [0.2, 0.25) is 0 Å². The molecule has 0 aliphatic rings. The van der Waals surface area contributed by atoms with Crippen LogP contribution in [-0.2, 0) is 22.6 Å². The Balaban J connectivity index is 2.46. The number of hydrogen-bond acceptors (Lipinski definition) is 4. The standard InChI is InChI=1S/C13H25N3O2/c1-5-14-10-13-11(2)15-16(12(13)3)6-7-18-9-8-17-4/h14H,5-10H2,1-4H3. The monoisotopic (exact) mass is 255 g/mol. The van der Waals surface area contributed by atoms with Crippen molar-refractivity contribution in [1.29, 1.82) is 0 Å². The molecule has 18 heavy (non-hydrogen) atoms. The number of nitrogens with one attached hydrogen (secondary N) is 1. The smallest absolute Gasteiger partial charge is 0.0701 e. The fraction of sp³-hybridized carbons (Fsp3) is 0.769. The molecule has 0 saturated carbocycles. The second-order valence-electron chi connectivity index (χ2n) is 4.26. The van der Waals surface area contributed by atoms with E-state index in [4.69, 9.17) is 9.47 Å². The molecule has 1 aromatic rings. The molecule has 0 aliphatic carbocycles. The number of rotatable bonds is 9. The van der Waals surface area contributed by atoms with Crippen molar-refractivity contribution in [2.75, 3.05) is 33.5 Å². The van der Waals surface area contributed by atoms with Crippen molar-refractivity contribution < 1.29 is 9.47 Å². The van der Waals surface area contributed by atoms with Gasteiger partial charge in [-0.3, -0.25) is 4.68 Å². The lowest BCUT2D eigenvalue weighted by Gasteiger charge is -2.07. The van der Waals surface area contributed by atoms with Crippen LogP contribution in [0.15, 0.2) is 0 Å². The van der Waals surface area contributed by atoms with E-state index < -0.39 is 0 Å². The molecule has 0 unspecified atom stereocenters. The van der Waals surface area contributed by atoms with Crippen LogP contribution in [0.5, 0.6) is 0 Å². The van der Waals surface area contributed by atoms with E-state index in [1.165, 1.54) is 11.3 Å². The van der Waals surface area contributed by atoms with E-state index >= 15 is 0 Å². The fourth-order valence-corrected chi connectivity index (χ4v) is 1.85. The molecular weight excluding hydrogens is 230 g/mol. The molecule has 0 radical (unpaired) electrons. The van der Waals surface area contributed by atoms with Gasteiger partial charge in [-0.2, -0.15) is 5.10 Å². The highest BCUT2D eigenvalue weighted by Crippen LogP contribution is 2.12. The van der Waals surface area contributed by atoms with Crippen molar-refractivity contribution in [2.24, 2.45) is 0 Å². The molecule has 0 fully saturated rings. The van der Waals surface area contributed by atoms with Gasteiger partial charge in [-0.25, -0.2) is 0 Å². The summed E-state index contributed by atoms with van der Waals surface area (Å²) in [4.78, 5) is 0.